The summed E-state index contributed by atoms with van der Waals surface area (Å²) in [7, 11) is 2.03. The SMILES string of the molecule is CN1CCn2nc(Nc3ncc(F)c(-c4cc(F)c5c(=O)[nH]c6cncn6c5c4)n3)cc2C1. The van der Waals surface area contributed by atoms with E-state index in [-0.39, 0.29) is 28.1 Å². The third-order valence-electron chi connectivity index (χ3n) is 5.68. The molecule has 5 heterocycles. The summed E-state index contributed by atoms with van der Waals surface area (Å²) >= 11 is 0. The first-order chi connectivity index (χ1) is 16.0. The lowest BCUT2D eigenvalue weighted by molar-refractivity contribution is 0.259. The van der Waals surface area contributed by atoms with E-state index in [0.29, 0.717) is 11.5 Å². The van der Waals surface area contributed by atoms with Gasteiger partial charge in [-0.15, -0.1) is 0 Å². The summed E-state index contributed by atoms with van der Waals surface area (Å²) in [6.07, 6.45) is 3.90. The van der Waals surface area contributed by atoms with Crippen LogP contribution >= 0.6 is 0 Å². The molecule has 2 N–H and O–H groups in total. The van der Waals surface area contributed by atoms with E-state index in [1.165, 1.54) is 23.0 Å². The molecule has 5 aromatic rings. The molecule has 0 radical (unpaired) electrons. The fraction of sp³-hybridized carbons (Fsp3) is 0.190. The number of hydrogen-bond acceptors (Lipinski definition) is 7. The van der Waals surface area contributed by atoms with Gasteiger partial charge in [-0.3, -0.25) is 18.8 Å². The zero-order valence-electron chi connectivity index (χ0n) is 17.4. The molecule has 0 spiro atoms. The summed E-state index contributed by atoms with van der Waals surface area (Å²) in [6, 6.07) is 4.48. The molecule has 33 heavy (non-hydrogen) atoms. The van der Waals surface area contributed by atoms with Crippen LogP contribution in [0.25, 0.3) is 27.8 Å². The Balaban J connectivity index is 1.43. The van der Waals surface area contributed by atoms with E-state index in [0.717, 1.165) is 37.6 Å². The Labute approximate surface area is 184 Å². The van der Waals surface area contributed by atoms with Crippen molar-refractivity contribution in [2.75, 3.05) is 18.9 Å². The molecule has 0 atom stereocenters. The van der Waals surface area contributed by atoms with Gasteiger partial charge in [0.15, 0.2) is 11.6 Å². The number of likely N-dealkylation sites (N-methyl/N-ethyl adjacent to an activating group) is 1. The molecule has 0 amide bonds. The molecule has 0 unspecified atom stereocenters. The first kappa shape index (κ1) is 19.5. The molecular formula is C21H17F2N9O. The van der Waals surface area contributed by atoms with Gasteiger partial charge in [0.25, 0.3) is 5.56 Å². The maximum atomic E-state index is 14.9. The van der Waals surface area contributed by atoms with Crippen LogP contribution in [0.15, 0.2) is 41.7 Å². The van der Waals surface area contributed by atoms with Crippen LogP contribution in [-0.2, 0) is 13.1 Å². The molecule has 1 aromatic carbocycles. The minimum Gasteiger partial charge on any atom is -0.307 e. The molecule has 0 aliphatic carbocycles. The second-order valence-electron chi connectivity index (χ2n) is 7.95. The number of nitrogens with one attached hydrogen (secondary N) is 2. The predicted octanol–water partition coefficient (Wildman–Crippen LogP) is 2.30. The van der Waals surface area contributed by atoms with Gasteiger partial charge in [-0.2, -0.15) is 5.10 Å². The van der Waals surface area contributed by atoms with Crippen molar-refractivity contribution < 1.29 is 8.78 Å². The van der Waals surface area contributed by atoms with Crippen LogP contribution in [0.5, 0.6) is 0 Å². The fourth-order valence-electron chi connectivity index (χ4n) is 4.10. The van der Waals surface area contributed by atoms with Crippen molar-refractivity contribution in [1.82, 2.24) is 39.0 Å². The van der Waals surface area contributed by atoms with Crippen molar-refractivity contribution in [2.45, 2.75) is 13.1 Å². The normalized spacial score (nSPS) is 14.2. The summed E-state index contributed by atoms with van der Waals surface area (Å²) in [5.74, 6) is -0.863. The molecule has 0 fully saturated rings. The lowest BCUT2D eigenvalue weighted by Gasteiger charge is -2.22. The van der Waals surface area contributed by atoms with Gasteiger partial charge in [0.1, 0.15) is 23.5 Å². The number of hydrogen-bond donors (Lipinski definition) is 2. The first-order valence-electron chi connectivity index (χ1n) is 10.2. The minimum atomic E-state index is -0.794. The third kappa shape index (κ3) is 3.22. The topological polar surface area (TPSA) is 109 Å². The van der Waals surface area contributed by atoms with E-state index < -0.39 is 17.2 Å². The van der Waals surface area contributed by atoms with E-state index in [1.54, 1.807) is 0 Å². The number of aromatic amines is 1. The summed E-state index contributed by atoms with van der Waals surface area (Å²) in [6.45, 7) is 2.43. The molecule has 1 aliphatic heterocycles. The smallest absolute Gasteiger partial charge is 0.261 e. The van der Waals surface area contributed by atoms with E-state index >= 15 is 0 Å². The molecule has 0 bridgehead atoms. The summed E-state index contributed by atoms with van der Waals surface area (Å²) in [5.41, 5.74) is 1.14. The molecule has 6 rings (SSSR count). The Hall–Kier alpha value is -4.19. The Kier molecular flexibility index (Phi) is 4.23. The van der Waals surface area contributed by atoms with Crippen LogP contribution < -0.4 is 10.9 Å². The van der Waals surface area contributed by atoms with Crippen molar-refractivity contribution in [3.05, 3.63) is 64.6 Å². The van der Waals surface area contributed by atoms with E-state index in [4.69, 9.17) is 0 Å². The van der Waals surface area contributed by atoms with Gasteiger partial charge in [0.05, 0.1) is 35.5 Å². The highest BCUT2D eigenvalue weighted by molar-refractivity contribution is 5.85. The molecule has 1 aliphatic rings. The number of benzene rings is 1. The van der Waals surface area contributed by atoms with Gasteiger partial charge >= 0.3 is 0 Å². The Morgan fingerprint density at radius 1 is 1.12 bits per heavy atom. The van der Waals surface area contributed by atoms with E-state index in [9.17, 15) is 13.6 Å². The van der Waals surface area contributed by atoms with Crippen molar-refractivity contribution in [3.8, 4) is 11.3 Å². The molecule has 0 saturated heterocycles. The maximum absolute atomic E-state index is 14.9. The lowest BCUT2D eigenvalue weighted by atomic mass is 10.1. The molecule has 10 nitrogen and oxygen atoms in total. The van der Waals surface area contributed by atoms with Crippen LogP contribution in [0, 0.1) is 11.6 Å². The van der Waals surface area contributed by atoms with Gasteiger partial charge in [-0.05, 0) is 19.2 Å². The highest BCUT2D eigenvalue weighted by atomic mass is 19.1. The average molecular weight is 449 g/mol. The molecule has 4 aromatic heterocycles. The first-order valence-corrected chi connectivity index (χ1v) is 10.2. The highest BCUT2D eigenvalue weighted by Gasteiger charge is 2.19. The van der Waals surface area contributed by atoms with Crippen LogP contribution in [0.1, 0.15) is 5.69 Å². The highest BCUT2D eigenvalue weighted by Crippen LogP contribution is 2.27. The molecule has 166 valence electrons. The van der Waals surface area contributed by atoms with Gasteiger partial charge in [0, 0.05) is 24.7 Å². The number of aromatic nitrogens is 7. The monoisotopic (exact) mass is 449 g/mol. The maximum Gasteiger partial charge on any atom is 0.261 e. The van der Waals surface area contributed by atoms with Gasteiger partial charge < -0.3 is 10.3 Å². The van der Waals surface area contributed by atoms with Gasteiger partial charge in [-0.1, -0.05) is 0 Å². The van der Waals surface area contributed by atoms with Crippen molar-refractivity contribution >= 4 is 28.3 Å². The van der Waals surface area contributed by atoms with Gasteiger partial charge in [-0.25, -0.2) is 23.7 Å². The van der Waals surface area contributed by atoms with Crippen LogP contribution in [0.3, 0.4) is 0 Å². The number of imidazole rings is 1. The number of halogens is 2. The lowest BCUT2D eigenvalue weighted by Crippen LogP contribution is -2.30. The van der Waals surface area contributed by atoms with Crippen LogP contribution in [-0.4, -0.2) is 52.6 Å². The quantitative estimate of drug-likeness (QED) is 0.435. The van der Waals surface area contributed by atoms with Crippen molar-refractivity contribution in [3.63, 3.8) is 0 Å². The standard InChI is InChI=1S/C21H17F2N9O/c1-30-2-3-32-12(9-30)6-16(29-32)26-21-25-7-14(23)19(28-21)11-4-13(22)18-15(5-11)31-10-24-8-17(31)27-20(18)33/h4-8,10H,2-3,9H2,1H3,(H,27,33)(H,25,26,28,29). The zero-order chi connectivity index (χ0) is 22.7. The second-order valence-corrected chi connectivity index (χ2v) is 7.95. The number of H-pyrrole nitrogens is 1. The Morgan fingerprint density at radius 2 is 2.00 bits per heavy atom. The molecule has 12 heteroatoms. The van der Waals surface area contributed by atoms with Crippen molar-refractivity contribution in [2.24, 2.45) is 0 Å². The summed E-state index contributed by atoms with van der Waals surface area (Å²) < 4.78 is 33.0. The summed E-state index contributed by atoms with van der Waals surface area (Å²) in [4.78, 5) is 29.3. The van der Waals surface area contributed by atoms with Crippen molar-refractivity contribution in [1.29, 1.82) is 0 Å². The zero-order valence-corrected chi connectivity index (χ0v) is 17.4. The number of nitrogens with zero attached hydrogens (tertiary/aromatic N) is 7. The number of anilines is 2. The second kappa shape index (κ2) is 7.17. The number of rotatable bonds is 3. The average Bonchev–Trinajstić information content (AvgIpc) is 3.40. The Morgan fingerprint density at radius 3 is 2.88 bits per heavy atom. The third-order valence-corrected chi connectivity index (χ3v) is 5.68. The van der Waals surface area contributed by atoms with Gasteiger partial charge in [0.2, 0.25) is 5.95 Å². The molecular weight excluding hydrogens is 432 g/mol. The molecule has 0 saturated carbocycles. The summed E-state index contributed by atoms with van der Waals surface area (Å²) in [5, 5.41) is 7.34. The Bertz CT molecular complexity index is 1600. The van der Waals surface area contributed by atoms with E-state index in [2.05, 4.69) is 35.3 Å². The van der Waals surface area contributed by atoms with Crippen LogP contribution in [0.4, 0.5) is 20.5 Å². The predicted molar refractivity (Wildman–Crippen MR) is 116 cm³/mol. The minimum absolute atomic E-state index is 0.106. The largest absolute Gasteiger partial charge is 0.307 e. The fourth-order valence-corrected chi connectivity index (χ4v) is 4.10. The van der Waals surface area contributed by atoms with Crippen LogP contribution in [0.2, 0.25) is 0 Å². The van der Waals surface area contributed by atoms with E-state index in [1.807, 2.05) is 17.8 Å². The number of fused-ring (bicyclic) bond motifs is 4.